The molecule has 0 aromatic heterocycles. The highest BCUT2D eigenvalue weighted by atomic mass is 16.5. The summed E-state index contributed by atoms with van der Waals surface area (Å²) in [5.41, 5.74) is 0.272. The average molecular weight is 278 g/mol. The number of carbonyl (C=O) groups is 1. The van der Waals surface area contributed by atoms with Crippen LogP contribution in [0.5, 0.6) is 5.75 Å². The van der Waals surface area contributed by atoms with Crippen LogP contribution >= 0.6 is 0 Å². The maximum absolute atomic E-state index is 10.9. The van der Waals surface area contributed by atoms with Crippen LogP contribution in [-0.2, 0) is 0 Å². The highest BCUT2D eigenvalue weighted by molar-refractivity contribution is 5.87. The minimum atomic E-state index is -0.918. The number of carboxylic acids is 1. The molecule has 1 atom stereocenters. The zero-order valence-electron chi connectivity index (χ0n) is 12.6. The van der Waals surface area contributed by atoms with Crippen molar-refractivity contribution in [2.75, 3.05) is 0 Å². The Balaban J connectivity index is 2.26. The fourth-order valence-electron chi connectivity index (χ4n) is 2.21. The molecule has 0 aliphatic carbocycles. The van der Waals surface area contributed by atoms with E-state index in [0.29, 0.717) is 5.75 Å². The van der Waals surface area contributed by atoms with Crippen LogP contribution < -0.4 is 4.74 Å². The molecule has 20 heavy (non-hydrogen) atoms. The molecule has 0 saturated heterocycles. The minimum Gasteiger partial charge on any atom is -0.491 e. The van der Waals surface area contributed by atoms with Crippen LogP contribution in [0.4, 0.5) is 0 Å². The quantitative estimate of drug-likeness (QED) is 0.619. The van der Waals surface area contributed by atoms with E-state index < -0.39 is 5.97 Å². The summed E-state index contributed by atoms with van der Waals surface area (Å²) < 4.78 is 5.77. The van der Waals surface area contributed by atoms with E-state index in [1.54, 1.807) is 18.2 Å². The van der Waals surface area contributed by atoms with Crippen LogP contribution in [-0.4, -0.2) is 17.2 Å². The van der Waals surface area contributed by atoms with Gasteiger partial charge in [-0.3, -0.25) is 0 Å². The summed E-state index contributed by atoms with van der Waals surface area (Å²) in [6, 6.07) is 6.69. The van der Waals surface area contributed by atoms with Gasteiger partial charge in [0.1, 0.15) is 5.75 Å². The Morgan fingerprint density at radius 1 is 1.20 bits per heavy atom. The average Bonchev–Trinajstić information content (AvgIpc) is 2.43. The summed E-state index contributed by atoms with van der Waals surface area (Å²) in [6.07, 6.45) is 8.80. The number of carboxylic acid groups (broad SMARTS) is 1. The number of aromatic carboxylic acids is 1. The summed E-state index contributed by atoms with van der Waals surface area (Å²) in [7, 11) is 0. The van der Waals surface area contributed by atoms with Gasteiger partial charge in [-0.2, -0.15) is 0 Å². The first-order valence-electron chi connectivity index (χ1n) is 7.63. The molecule has 0 saturated carbocycles. The predicted molar refractivity (Wildman–Crippen MR) is 81.5 cm³/mol. The molecule has 1 aromatic rings. The monoisotopic (exact) mass is 278 g/mol. The van der Waals surface area contributed by atoms with Gasteiger partial charge in [-0.05, 0) is 38.0 Å². The first kappa shape index (κ1) is 16.5. The second-order valence-electron chi connectivity index (χ2n) is 5.32. The maximum atomic E-state index is 10.9. The van der Waals surface area contributed by atoms with Gasteiger partial charge in [0.2, 0.25) is 0 Å². The number of hydrogen-bond acceptors (Lipinski definition) is 2. The Morgan fingerprint density at radius 2 is 1.90 bits per heavy atom. The van der Waals surface area contributed by atoms with Crippen molar-refractivity contribution in [1.82, 2.24) is 0 Å². The van der Waals surface area contributed by atoms with Gasteiger partial charge in [-0.25, -0.2) is 4.79 Å². The van der Waals surface area contributed by atoms with Gasteiger partial charge in [-0.15, -0.1) is 0 Å². The number of benzene rings is 1. The molecule has 0 spiro atoms. The van der Waals surface area contributed by atoms with Crippen LogP contribution in [0.15, 0.2) is 24.3 Å². The second-order valence-corrected chi connectivity index (χ2v) is 5.32. The van der Waals surface area contributed by atoms with E-state index in [2.05, 4.69) is 6.92 Å². The Bertz CT molecular complexity index is 401. The lowest BCUT2D eigenvalue weighted by atomic mass is 10.1. The summed E-state index contributed by atoms with van der Waals surface area (Å²) in [6.45, 7) is 4.26. The third kappa shape index (κ3) is 6.60. The Morgan fingerprint density at radius 3 is 2.60 bits per heavy atom. The molecule has 1 aromatic carbocycles. The normalized spacial score (nSPS) is 12.1. The van der Waals surface area contributed by atoms with E-state index in [1.165, 1.54) is 38.5 Å². The highest BCUT2D eigenvalue weighted by Crippen LogP contribution is 2.17. The summed E-state index contributed by atoms with van der Waals surface area (Å²) >= 11 is 0. The Labute approximate surface area is 122 Å². The van der Waals surface area contributed by atoms with Crippen LogP contribution in [0.25, 0.3) is 0 Å². The zero-order chi connectivity index (χ0) is 14.8. The van der Waals surface area contributed by atoms with Crippen molar-refractivity contribution >= 4 is 5.97 Å². The van der Waals surface area contributed by atoms with Crippen molar-refractivity contribution in [2.45, 2.75) is 64.9 Å². The zero-order valence-corrected chi connectivity index (χ0v) is 12.6. The SMILES string of the molecule is CCCCCCCCC(C)Oc1cccc(C(=O)O)c1. The third-order valence-electron chi connectivity index (χ3n) is 3.38. The van der Waals surface area contributed by atoms with Gasteiger partial charge in [0.15, 0.2) is 0 Å². The van der Waals surface area contributed by atoms with E-state index >= 15 is 0 Å². The van der Waals surface area contributed by atoms with Crippen LogP contribution in [0.1, 0.15) is 69.2 Å². The lowest BCUT2D eigenvalue weighted by Crippen LogP contribution is -2.12. The molecule has 0 aliphatic rings. The fourth-order valence-corrected chi connectivity index (χ4v) is 2.21. The molecule has 1 rings (SSSR count). The van der Waals surface area contributed by atoms with Crippen molar-refractivity contribution in [1.29, 1.82) is 0 Å². The highest BCUT2D eigenvalue weighted by Gasteiger charge is 2.07. The number of ether oxygens (including phenoxy) is 1. The number of rotatable bonds is 10. The molecule has 0 bridgehead atoms. The van der Waals surface area contributed by atoms with Gasteiger partial charge >= 0.3 is 5.97 Å². The number of unbranched alkanes of at least 4 members (excludes halogenated alkanes) is 5. The first-order valence-corrected chi connectivity index (χ1v) is 7.63. The Hall–Kier alpha value is -1.51. The van der Waals surface area contributed by atoms with Crippen molar-refractivity contribution in [2.24, 2.45) is 0 Å². The van der Waals surface area contributed by atoms with Crippen molar-refractivity contribution in [3.8, 4) is 5.75 Å². The summed E-state index contributed by atoms with van der Waals surface area (Å²) in [4.78, 5) is 10.9. The maximum Gasteiger partial charge on any atom is 0.335 e. The van der Waals surface area contributed by atoms with Crippen molar-refractivity contribution in [3.63, 3.8) is 0 Å². The standard InChI is InChI=1S/C17H26O3/c1-3-4-5-6-7-8-10-14(2)20-16-12-9-11-15(13-16)17(18)19/h9,11-14H,3-8,10H2,1-2H3,(H,18,19). The van der Waals surface area contributed by atoms with Crippen LogP contribution in [0.3, 0.4) is 0 Å². The lowest BCUT2D eigenvalue weighted by Gasteiger charge is -2.15. The smallest absolute Gasteiger partial charge is 0.335 e. The largest absolute Gasteiger partial charge is 0.491 e. The minimum absolute atomic E-state index is 0.130. The van der Waals surface area contributed by atoms with Gasteiger partial charge in [-0.1, -0.05) is 45.1 Å². The van der Waals surface area contributed by atoms with Gasteiger partial charge in [0.25, 0.3) is 0 Å². The molecule has 0 amide bonds. The molecular weight excluding hydrogens is 252 g/mol. The van der Waals surface area contributed by atoms with Gasteiger partial charge in [0, 0.05) is 0 Å². The molecule has 1 unspecified atom stereocenters. The third-order valence-corrected chi connectivity index (χ3v) is 3.38. The fraction of sp³-hybridized carbons (Fsp3) is 0.588. The molecule has 0 radical (unpaired) electrons. The summed E-state index contributed by atoms with van der Waals surface area (Å²) in [5, 5.41) is 8.93. The van der Waals surface area contributed by atoms with E-state index in [-0.39, 0.29) is 11.7 Å². The van der Waals surface area contributed by atoms with Gasteiger partial charge in [0.05, 0.1) is 11.7 Å². The van der Waals surface area contributed by atoms with Crippen LogP contribution in [0.2, 0.25) is 0 Å². The first-order chi connectivity index (χ1) is 9.63. The topological polar surface area (TPSA) is 46.5 Å². The molecule has 0 aliphatic heterocycles. The predicted octanol–water partition coefficient (Wildman–Crippen LogP) is 4.90. The molecule has 1 N–H and O–H groups in total. The van der Waals surface area contributed by atoms with Crippen LogP contribution in [0, 0.1) is 0 Å². The molecule has 0 heterocycles. The van der Waals surface area contributed by atoms with E-state index in [4.69, 9.17) is 9.84 Å². The van der Waals surface area contributed by atoms with Crippen molar-refractivity contribution < 1.29 is 14.6 Å². The lowest BCUT2D eigenvalue weighted by molar-refractivity contribution is 0.0696. The summed E-state index contributed by atoms with van der Waals surface area (Å²) in [5.74, 6) is -0.276. The molecular formula is C17H26O3. The second kappa shape index (κ2) is 9.40. The molecule has 3 heteroatoms. The Kier molecular flexibility index (Phi) is 7.78. The molecule has 112 valence electrons. The van der Waals surface area contributed by atoms with Crippen molar-refractivity contribution in [3.05, 3.63) is 29.8 Å². The number of hydrogen-bond donors (Lipinski definition) is 1. The van der Waals surface area contributed by atoms with E-state index in [1.807, 2.05) is 13.0 Å². The van der Waals surface area contributed by atoms with E-state index in [0.717, 1.165) is 6.42 Å². The molecule has 0 fully saturated rings. The van der Waals surface area contributed by atoms with E-state index in [9.17, 15) is 4.79 Å². The molecule has 3 nitrogen and oxygen atoms in total. The van der Waals surface area contributed by atoms with Gasteiger partial charge < -0.3 is 9.84 Å².